The van der Waals surface area contributed by atoms with Gasteiger partial charge in [0, 0.05) is 18.7 Å². The predicted molar refractivity (Wildman–Crippen MR) is 75.8 cm³/mol. The fraction of sp³-hybridized carbons (Fsp3) is 0.643. The highest BCUT2D eigenvalue weighted by Crippen LogP contribution is 2.17. The van der Waals surface area contributed by atoms with Crippen molar-refractivity contribution in [1.29, 1.82) is 0 Å². The van der Waals surface area contributed by atoms with E-state index in [1.807, 2.05) is 0 Å². The minimum atomic E-state index is -0.980. The van der Waals surface area contributed by atoms with Gasteiger partial charge < -0.3 is 15.2 Å². The number of nitrogens with one attached hydrogen (secondary N) is 1. The van der Waals surface area contributed by atoms with Crippen molar-refractivity contribution < 1.29 is 19.4 Å². The van der Waals surface area contributed by atoms with Gasteiger partial charge in [-0.25, -0.2) is 0 Å². The van der Waals surface area contributed by atoms with E-state index in [1.165, 1.54) is 6.92 Å². The summed E-state index contributed by atoms with van der Waals surface area (Å²) >= 11 is 0. The Kier molecular flexibility index (Phi) is 4.95. The van der Waals surface area contributed by atoms with E-state index in [-0.39, 0.29) is 12.0 Å². The van der Waals surface area contributed by atoms with Gasteiger partial charge >= 0.3 is 5.97 Å². The molecule has 3 unspecified atom stereocenters. The largest absolute Gasteiger partial charge is 0.481 e. The van der Waals surface area contributed by atoms with Gasteiger partial charge in [-0.05, 0) is 12.8 Å². The fourth-order valence-corrected chi connectivity index (χ4v) is 2.22. The summed E-state index contributed by atoms with van der Waals surface area (Å²) in [5.41, 5.74) is 0.572. The van der Waals surface area contributed by atoms with Crippen LogP contribution in [0.2, 0.25) is 0 Å². The van der Waals surface area contributed by atoms with Crippen LogP contribution in [-0.4, -0.2) is 39.5 Å². The molecule has 7 nitrogen and oxygen atoms in total. The smallest absolute Gasteiger partial charge is 0.307 e. The molecule has 0 saturated carbocycles. The van der Waals surface area contributed by atoms with Crippen LogP contribution in [-0.2, 0) is 20.9 Å². The van der Waals surface area contributed by atoms with Crippen molar-refractivity contribution in [3.63, 3.8) is 0 Å². The Bertz CT molecular complexity index is 508. The summed E-state index contributed by atoms with van der Waals surface area (Å²) in [6.45, 7) is 4.58. The summed E-state index contributed by atoms with van der Waals surface area (Å²) in [5.74, 6) is -2.63. The first kappa shape index (κ1) is 15.5. The van der Waals surface area contributed by atoms with Crippen LogP contribution in [0.4, 0.5) is 5.69 Å². The summed E-state index contributed by atoms with van der Waals surface area (Å²) in [5, 5.41) is 15.8. The monoisotopic (exact) mass is 295 g/mol. The Morgan fingerprint density at radius 3 is 2.90 bits per heavy atom. The number of nitrogens with zero attached hydrogens (tertiary/aromatic N) is 2. The van der Waals surface area contributed by atoms with E-state index in [2.05, 4.69) is 10.4 Å². The van der Waals surface area contributed by atoms with Crippen LogP contribution in [0, 0.1) is 11.8 Å². The molecule has 0 bridgehead atoms. The van der Waals surface area contributed by atoms with E-state index in [9.17, 15) is 9.59 Å². The summed E-state index contributed by atoms with van der Waals surface area (Å²) in [4.78, 5) is 22.9. The molecule has 0 aliphatic carbocycles. The van der Waals surface area contributed by atoms with Crippen molar-refractivity contribution in [2.45, 2.75) is 39.3 Å². The Morgan fingerprint density at radius 2 is 2.29 bits per heavy atom. The van der Waals surface area contributed by atoms with Crippen molar-refractivity contribution in [2.75, 3.05) is 11.9 Å². The molecule has 1 aliphatic rings. The molecule has 1 amide bonds. The second-order valence-electron chi connectivity index (χ2n) is 5.49. The van der Waals surface area contributed by atoms with Crippen molar-refractivity contribution in [2.24, 2.45) is 11.8 Å². The number of amides is 1. The van der Waals surface area contributed by atoms with Crippen molar-refractivity contribution in [3.8, 4) is 0 Å². The van der Waals surface area contributed by atoms with Crippen LogP contribution < -0.4 is 5.32 Å². The molecule has 1 saturated heterocycles. The zero-order valence-electron chi connectivity index (χ0n) is 12.3. The third-order valence-electron chi connectivity index (χ3n) is 3.87. The van der Waals surface area contributed by atoms with Gasteiger partial charge in [0.25, 0.3) is 0 Å². The van der Waals surface area contributed by atoms with Crippen LogP contribution in [0.25, 0.3) is 0 Å². The Morgan fingerprint density at radius 1 is 1.52 bits per heavy atom. The Hall–Kier alpha value is -1.89. The molecule has 1 aromatic heterocycles. The van der Waals surface area contributed by atoms with Crippen LogP contribution in [0.1, 0.15) is 26.7 Å². The normalized spacial score (nSPS) is 21.0. The summed E-state index contributed by atoms with van der Waals surface area (Å²) in [6.07, 6.45) is 5.57. The first-order chi connectivity index (χ1) is 9.97. The molecular formula is C14H21N3O4. The van der Waals surface area contributed by atoms with Gasteiger partial charge in [0.05, 0.1) is 30.5 Å². The average Bonchev–Trinajstić information content (AvgIpc) is 3.09. The van der Waals surface area contributed by atoms with Crippen molar-refractivity contribution in [3.05, 3.63) is 12.4 Å². The number of carbonyl (C=O) groups excluding carboxylic acids is 1. The lowest BCUT2D eigenvalue weighted by molar-refractivity contribution is -0.145. The van der Waals surface area contributed by atoms with Crippen LogP contribution >= 0.6 is 0 Å². The van der Waals surface area contributed by atoms with Crippen molar-refractivity contribution in [1.82, 2.24) is 9.78 Å². The number of anilines is 1. The van der Waals surface area contributed by atoms with Gasteiger partial charge in [-0.3, -0.25) is 14.3 Å². The number of ether oxygens (including phenoxy) is 1. The quantitative estimate of drug-likeness (QED) is 0.826. The molecular weight excluding hydrogens is 274 g/mol. The SMILES string of the molecule is CC(C(=O)O)C(C)C(=O)Nc1cnn(CC2CCCO2)c1. The second kappa shape index (κ2) is 6.71. The Balaban J connectivity index is 1.89. The Labute approximate surface area is 123 Å². The lowest BCUT2D eigenvalue weighted by Gasteiger charge is -2.14. The van der Waals surface area contributed by atoms with Gasteiger partial charge in [0.1, 0.15) is 0 Å². The number of hydrogen-bond acceptors (Lipinski definition) is 4. The predicted octanol–water partition coefficient (Wildman–Crippen LogP) is 1.36. The maximum absolute atomic E-state index is 12.0. The fourth-order valence-electron chi connectivity index (χ4n) is 2.22. The molecule has 1 aliphatic heterocycles. The van der Waals surface area contributed by atoms with E-state index < -0.39 is 17.8 Å². The summed E-state index contributed by atoms with van der Waals surface area (Å²) in [6, 6.07) is 0. The van der Waals surface area contributed by atoms with Gasteiger partial charge in [0.2, 0.25) is 5.91 Å². The lowest BCUT2D eigenvalue weighted by atomic mass is 9.95. The topological polar surface area (TPSA) is 93.5 Å². The van der Waals surface area contributed by atoms with E-state index in [1.54, 1.807) is 24.0 Å². The first-order valence-corrected chi connectivity index (χ1v) is 7.15. The van der Waals surface area contributed by atoms with E-state index in [0.717, 1.165) is 19.4 Å². The number of hydrogen-bond donors (Lipinski definition) is 2. The van der Waals surface area contributed by atoms with Gasteiger partial charge in [0.15, 0.2) is 0 Å². The number of rotatable bonds is 6. The number of carboxylic acid groups (broad SMARTS) is 1. The standard InChI is InChI=1S/C14H21N3O4/c1-9(10(2)14(19)20)13(18)16-11-6-15-17(7-11)8-12-4-3-5-21-12/h6-7,9-10,12H,3-5,8H2,1-2H3,(H,16,18)(H,19,20). The third kappa shape index (κ3) is 4.04. The second-order valence-corrected chi connectivity index (χ2v) is 5.49. The first-order valence-electron chi connectivity index (χ1n) is 7.15. The summed E-state index contributed by atoms with van der Waals surface area (Å²) in [7, 11) is 0. The molecule has 0 radical (unpaired) electrons. The zero-order valence-corrected chi connectivity index (χ0v) is 12.3. The molecule has 2 heterocycles. The number of carboxylic acids is 1. The number of aliphatic carboxylic acids is 1. The van der Waals surface area contributed by atoms with Gasteiger partial charge in [-0.15, -0.1) is 0 Å². The molecule has 0 spiro atoms. The molecule has 7 heteroatoms. The van der Waals surface area contributed by atoms with E-state index in [4.69, 9.17) is 9.84 Å². The highest BCUT2D eigenvalue weighted by molar-refractivity contribution is 5.94. The minimum Gasteiger partial charge on any atom is -0.481 e. The van der Waals surface area contributed by atoms with Crippen LogP contribution in [0.15, 0.2) is 12.4 Å². The minimum absolute atomic E-state index is 0.180. The number of aromatic nitrogens is 2. The molecule has 21 heavy (non-hydrogen) atoms. The molecule has 116 valence electrons. The third-order valence-corrected chi connectivity index (χ3v) is 3.87. The molecule has 1 fully saturated rings. The molecule has 1 aromatic rings. The highest BCUT2D eigenvalue weighted by atomic mass is 16.5. The highest BCUT2D eigenvalue weighted by Gasteiger charge is 2.26. The van der Waals surface area contributed by atoms with Gasteiger partial charge in [-0.1, -0.05) is 13.8 Å². The van der Waals surface area contributed by atoms with E-state index in [0.29, 0.717) is 12.2 Å². The molecule has 0 aromatic carbocycles. The van der Waals surface area contributed by atoms with E-state index >= 15 is 0 Å². The number of carbonyl (C=O) groups is 2. The van der Waals surface area contributed by atoms with Crippen LogP contribution in [0.5, 0.6) is 0 Å². The molecule has 2 rings (SSSR count). The maximum atomic E-state index is 12.0. The van der Waals surface area contributed by atoms with Crippen LogP contribution in [0.3, 0.4) is 0 Å². The summed E-state index contributed by atoms with van der Waals surface area (Å²) < 4.78 is 7.26. The average molecular weight is 295 g/mol. The zero-order chi connectivity index (χ0) is 15.4. The van der Waals surface area contributed by atoms with Crippen molar-refractivity contribution >= 4 is 17.6 Å². The van der Waals surface area contributed by atoms with Gasteiger partial charge in [-0.2, -0.15) is 5.10 Å². The molecule has 2 N–H and O–H groups in total. The maximum Gasteiger partial charge on any atom is 0.307 e. The lowest BCUT2D eigenvalue weighted by Crippen LogP contribution is -2.29. The molecule has 3 atom stereocenters.